The molecule has 5 heteroatoms. The first kappa shape index (κ1) is 14.6. The maximum atomic E-state index is 5.94. The number of hydrogen-bond donors (Lipinski definition) is 2. The molecule has 1 aromatic carbocycles. The van der Waals surface area contributed by atoms with Crippen molar-refractivity contribution in [1.29, 1.82) is 0 Å². The lowest BCUT2D eigenvalue weighted by molar-refractivity contribution is 0.355. The van der Waals surface area contributed by atoms with Gasteiger partial charge in [-0.25, -0.2) is 0 Å². The van der Waals surface area contributed by atoms with Crippen molar-refractivity contribution in [2.75, 3.05) is 43.3 Å². The molecule has 0 radical (unpaired) electrons. The smallest absolute Gasteiger partial charge is 0.162 e. The molecule has 18 heavy (non-hydrogen) atoms. The number of hydrogen-bond acceptors (Lipinski definition) is 5. The number of benzene rings is 1. The number of nitrogen functional groups attached to an aromatic ring is 1. The molecule has 1 rings (SSSR count). The van der Waals surface area contributed by atoms with Gasteiger partial charge in [0, 0.05) is 30.2 Å². The van der Waals surface area contributed by atoms with Gasteiger partial charge in [0.2, 0.25) is 0 Å². The number of methoxy groups -OCH3 is 2. The van der Waals surface area contributed by atoms with Gasteiger partial charge in [-0.3, -0.25) is 0 Å². The number of anilines is 2. The molecule has 0 bridgehead atoms. The summed E-state index contributed by atoms with van der Waals surface area (Å²) in [5.41, 5.74) is 7.46. The first-order chi connectivity index (χ1) is 8.72. The lowest BCUT2D eigenvalue weighted by Crippen LogP contribution is -2.07. The van der Waals surface area contributed by atoms with E-state index in [1.165, 1.54) is 0 Å². The second kappa shape index (κ2) is 7.76. The Labute approximate surface area is 113 Å². The van der Waals surface area contributed by atoms with E-state index in [1.54, 1.807) is 20.3 Å². The molecule has 3 N–H and O–H groups in total. The van der Waals surface area contributed by atoms with Crippen molar-refractivity contribution in [2.24, 2.45) is 0 Å². The Hall–Kier alpha value is -1.49. The fourth-order valence-corrected chi connectivity index (χ4v) is 2.05. The van der Waals surface area contributed by atoms with Gasteiger partial charge in [0.15, 0.2) is 11.5 Å². The van der Waals surface area contributed by atoms with E-state index in [1.807, 2.05) is 23.9 Å². The molecule has 0 aliphatic rings. The van der Waals surface area contributed by atoms with E-state index >= 15 is 0 Å². The largest absolute Gasteiger partial charge is 0.493 e. The van der Waals surface area contributed by atoms with Crippen molar-refractivity contribution < 1.29 is 9.47 Å². The molecule has 0 spiro atoms. The van der Waals surface area contributed by atoms with E-state index in [9.17, 15) is 0 Å². The Morgan fingerprint density at radius 1 is 1.33 bits per heavy atom. The third kappa shape index (κ3) is 4.07. The molecule has 0 saturated carbocycles. The van der Waals surface area contributed by atoms with Crippen LogP contribution in [0.15, 0.2) is 24.8 Å². The van der Waals surface area contributed by atoms with Crippen LogP contribution in [0.5, 0.6) is 11.5 Å². The molecule has 0 aliphatic heterocycles. The van der Waals surface area contributed by atoms with E-state index in [-0.39, 0.29) is 0 Å². The highest BCUT2D eigenvalue weighted by Gasteiger charge is 2.08. The minimum Gasteiger partial charge on any atom is -0.493 e. The van der Waals surface area contributed by atoms with E-state index in [0.29, 0.717) is 17.2 Å². The number of nitrogens with two attached hydrogens (primary N) is 1. The lowest BCUT2D eigenvalue weighted by Gasteiger charge is -2.13. The predicted octanol–water partition coefficient (Wildman–Crippen LogP) is 2.62. The van der Waals surface area contributed by atoms with E-state index in [2.05, 4.69) is 11.9 Å². The molecular weight excluding hydrogens is 248 g/mol. The summed E-state index contributed by atoms with van der Waals surface area (Å²) in [4.78, 5) is 0. The summed E-state index contributed by atoms with van der Waals surface area (Å²) in [6.45, 7) is 4.53. The summed E-state index contributed by atoms with van der Waals surface area (Å²) in [6.07, 6.45) is 1.90. The summed E-state index contributed by atoms with van der Waals surface area (Å²) in [6, 6.07) is 3.62. The van der Waals surface area contributed by atoms with Crippen LogP contribution >= 0.6 is 11.8 Å². The van der Waals surface area contributed by atoms with Gasteiger partial charge in [0.05, 0.1) is 25.6 Å². The summed E-state index contributed by atoms with van der Waals surface area (Å²) in [7, 11) is 3.20. The molecule has 0 heterocycles. The zero-order valence-corrected chi connectivity index (χ0v) is 11.7. The van der Waals surface area contributed by atoms with Crippen molar-refractivity contribution in [3.8, 4) is 11.5 Å². The summed E-state index contributed by atoms with van der Waals surface area (Å²) < 4.78 is 10.4. The second-order valence-electron chi connectivity index (χ2n) is 3.58. The van der Waals surface area contributed by atoms with Crippen LogP contribution in [0.4, 0.5) is 11.4 Å². The molecule has 0 amide bonds. The molecule has 0 unspecified atom stereocenters. The third-order valence-corrected chi connectivity index (χ3v) is 3.32. The monoisotopic (exact) mass is 268 g/mol. The molecule has 0 saturated heterocycles. The molecular formula is C13H20N2O2S. The average molecular weight is 268 g/mol. The Kier molecular flexibility index (Phi) is 6.28. The van der Waals surface area contributed by atoms with E-state index < -0.39 is 0 Å². The second-order valence-corrected chi connectivity index (χ2v) is 4.73. The van der Waals surface area contributed by atoms with E-state index in [4.69, 9.17) is 15.2 Å². The highest BCUT2D eigenvalue weighted by molar-refractivity contribution is 7.99. The molecule has 100 valence electrons. The molecule has 0 aliphatic carbocycles. The SMILES string of the molecule is C=CCSCCNc1cc(OC)c(OC)cc1N. The van der Waals surface area contributed by atoms with Gasteiger partial charge in [-0.1, -0.05) is 6.08 Å². The van der Waals surface area contributed by atoms with Gasteiger partial charge < -0.3 is 20.5 Å². The molecule has 0 atom stereocenters. The van der Waals surface area contributed by atoms with Gasteiger partial charge >= 0.3 is 0 Å². The van der Waals surface area contributed by atoms with Gasteiger partial charge in [0.1, 0.15) is 0 Å². The summed E-state index contributed by atoms with van der Waals surface area (Å²) in [5, 5.41) is 3.28. The standard InChI is InChI=1S/C13H20N2O2S/c1-4-6-18-7-5-15-11-9-13(17-3)12(16-2)8-10(11)14/h4,8-9,15H,1,5-7,14H2,2-3H3. The van der Waals surface area contributed by atoms with Crippen LogP contribution in [-0.4, -0.2) is 32.3 Å². The minimum atomic E-state index is 0.640. The third-order valence-electron chi connectivity index (χ3n) is 2.35. The van der Waals surface area contributed by atoms with Crippen LogP contribution < -0.4 is 20.5 Å². The van der Waals surface area contributed by atoms with Crippen LogP contribution in [0.1, 0.15) is 0 Å². The number of nitrogens with one attached hydrogen (secondary N) is 1. The summed E-state index contributed by atoms with van der Waals surface area (Å²) >= 11 is 1.82. The number of rotatable bonds is 8. The highest BCUT2D eigenvalue weighted by Crippen LogP contribution is 2.34. The fourth-order valence-electron chi connectivity index (χ4n) is 1.47. The number of ether oxygens (including phenoxy) is 2. The van der Waals surface area contributed by atoms with Gasteiger partial charge in [-0.2, -0.15) is 11.8 Å². The predicted molar refractivity (Wildman–Crippen MR) is 80.0 cm³/mol. The maximum Gasteiger partial charge on any atom is 0.162 e. The lowest BCUT2D eigenvalue weighted by atomic mass is 10.2. The zero-order chi connectivity index (χ0) is 13.4. The van der Waals surface area contributed by atoms with Gasteiger partial charge in [-0.05, 0) is 0 Å². The fraction of sp³-hybridized carbons (Fsp3) is 0.385. The van der Waals surface area contributed by atoms with Crippen LogP contribution in [0.2, 0.25) is 0 Å². The van der Waals surface area contributed by atoms with Crippen molar-refractivity contribution in [3.05, 3.63) is 24.8 Å². The Balaban J connectivity index is 2.62. The molecule has 0 aromatic heterocycles. The molecule has 1 aromatic rings. The van der Waals surface area contributed by atoms with Crippen molar-refractivity contribution >= 4 is 23.1 Å². The van der Waals surface area contributed by atoms with Crippen molar-refractivity contribution in [1.82, 2.24) is 0 Å². The minimum absolute atomic E-state index is 0.640. The summed E-state index contributed by atoms with van der Waals surface area (Å²) in [5.74, 6) is 3.28. The van der Waals surface area contributed by atoms with E-state index in [0.717, 1.165) is 23.7 Å². The maximum absolute atomic E-state index is 5.94. The van der Waals surface area contributed by atoms with Gasteiger partial charge in [-0.15, -0.1) is 6.58 Å². The highest BCUT2D eigenvalue weighted by atomic mass is 32.2. The Morgan fingerprint density at radius 2 is 2.00 bits per heavy atom. The number of thioether (sulfide) groups is 1. The quantitative estimate of drug-likeness (QED) is 0.431. The van der Waals surface area contributed by atoms with Crippen LogP contribution in [0.25, 0.3) is 0 Å². The van der Waals surface area contributed by atoms with Crippen LogP contribution in [-0.2, 0) is 0 Å². The van der Waals surface area contributed by atoms with Crippen LogP contribution in [0, 0.1) is 0 Å². The first-order valence-electron chi connectivity index (χ1n) is 5.67. The van der Waals surface area contributed by atoms with Crippen LogP contribution in [0.3, 0.4) is 0 Å². The normalized spacial score (nSPS) is 9.89. The Bertz CT molecular complexity index is 397. The average Bonchev–Trinajstić information content (AvgIpc) is 2.39. The Morgan fingerprint density at radius 3 is 2.61 bits per heavy atom. The first-order valence-corrected chi connectivity index (χ1v) is 6.82. The van der Waals surface area contributed by atoms with Crippen molar-refractivity contribution in [3.63, 3.8) is 0 Å². The van der Waals surface area contributed by atoms with Crippen molar-refractivity contribution in [2.45, 2.75) is 0 Å². The van der Waals surface area contributed by atoms with Gasteiger partial charge in [0.25, 0.3) is 0 Å². The molecule has 0 fully saturated rings. The molecule has 4 nitrogen and oxygen atoms in total. The topological polar surface area (TPSA) is 56.5 Å². The zero-order valence-electron chi connectivity index (χ0n) is 10.9.